The van der Waals surface area contributed by atoms with Gasteiger partial charge in [-0.25, -0.2) is 0 Å². The average molecular weight is 201 g/mol. The molecule has 0 atom stereocenters. The summed E-state index contributed by atoms with van der Waals surface area (Å²) in [7, 11) is 0. The van der Waals surface area contributed by atoms with Gasteiger partial charge in [-0.1, -0.05) is 25.1 Å². The van der Waals surface area contributed by atoms with Crippen molar-refractivity contribution in [1.82, 2.24) is 0 Å². The number of rotatable bonds is 4. The summed E-state index contributed by atoms with van der Waals surface area (Å²) in [5, 5.41) is 8.77. The first-order valence-electron chi connectivity index (χ1n) is 4.73. The van der Waals surface area contributed by atoms with Gasteiger partial charge in [0.15, 0.2) is 5.78 Å². The van der Waals surface area contributed by atoms with Crippen molar-refractivity contribution in [3.05, 3.63) is 35.4 Å². The molecule has 0 amide bonds. The quantitative estimate of drug-likeness (QED) is 0.553. The standard InChI is InChI=1S/C12H11NO2/c1-2-10(14)7-12(15)11-6-4-3-5-9(11)8-13/h3-6H,2,7H2,1H3. The molecule has 0 saturated heterocycles. The van der Waals surface area contributed by atoms with Gasteiger partial charge in [0.1, 0.15) is 5.78 Å². The van der Waals surface area contributed by atoms with Gasteiger partial charge in [0.2, 0.25) is 0 Å². The van der Waals surface area contributed by atoms with Crippen LogP contribution < -0.4 is 0 Å². The number of Topliss-reactive ketones (excluding diaryl/α,β-unsaturated/α-hetero) is 2. The Morgan fingerprint density at radius 3 is 2.60 bits per heavy atom. The number of ketones is 2. The van der Waals surface area contributed by atoms with Crippen LogP contribution in [0.4, 0.5) is 0 Å². The summed E-state index contributed by atoms with van der Waals surface area (Å²) in [5.41, 5.74) is 0.660. The van der Waals surface area contributed by atoms with E-state index in [-0.39, 0.29) is 18.0 Å². The molecule has 0 spiro atoms. The molecular weight excluding hydrogens is 190 g/mol. The number of carbonyl (C=O) groups is 2. The molecule has 1 aromatic rings. The number of carbonyl (C=O) groups excluding carboxylic acids is 2. The van der Waals surface area contributed by atoms with Gasteiger partial charge in [-0.2, -0.15) is 5.26 Å². The highest BCUT2D eigenvalue weighted by Crippen LogP contribution is 2.10. The van der Waals surface area contributed by atoms with Gasteiger partial charge in [-0.05, 0) is 6.07 Å². The summed E-state index contributed by atoms with van der Waals surface area (Å²) in [4.78, 5) is 22.7. The fourth-order valence-electron chi connectivity index (χ4n) is 1.22. The number of hydrogen-bond acceptors (Lipinski definition) is 3. The van der Waals surface area contributed by atoms with Crippen molar-refractivity contribution in [2.24, 2.45) is 0 Å². The summed E-state index contributed by atoms with van der Waals surface area (Å²) in [6.07, 6.45) is 0.232. The Morgan fingerprint density at radius 2 is 2.00 bits per heavy atom. The lowest BCUT2D eigenvalue weighted by Crippen LogP contribution is -2.08. The van der Waals surface area contributed by atoms with E-state index in [0.29, 0.717) is 17.5 Å². The van der Waals surface area contributed by atoms with Crippen LogP contribution in [0.3, 0.4) is 0 Å². The van der Waals surface area contributed by atoms with E-state index in [0.717, 1.165) is 0 Å². The molecule has 0 unspecified atom stereocenters. The highest BCUT2D eigenvalue weighted by Gasteiger charge is 2.13. The minimum atomic E-state index is -0.279. The molecule has 0 fully saturated rings. The fourth-order valence-corrected chi connectivity index (χ4v) is 1.22. The summed E-state index contributed by atoms with van der Waals surface area (Å²) < 4.78 is 0. The molecule has 0 N–H and O–H groups in total. The minimum Gasteiger partial charge on any atom is -0.299 e. The number of benzene rings is 1. The molecular formula is C12H11NO2. The Hall–Kier alpha value is -1.95. The highest BCUT2D eigenvalue weighted by molar-refractivity contribution is 6.09. The van der Waals surface area contributed by atoms with E-state index in [1.54, 1.807) is 31.2 Å². The van der Waals surface area contributed by atoms with Gasteiger partial charge < -0.3 is 0 Å². The first-order valence-corrected chi connectivity index (χ1v) is 4.73. The third-order valence-electron chi connectivity index (χ3n) is 2.10. The molecule has 0 saturated carbocycles. The Kier molecular flexibility index (Phi) is 3.75. The number of nitrogens with zero attached hydrogens (tertiary/aromatic N) is 1. The molecule has 0 aromatic heterocycles. The van der Waals surface area contributed by atoms with Crippen LogP contribution in [0.5, 0.6) is 0 Å². The zero-order valence-corrected chi connectivity index (χ0v) is 8.49. The van der Waals surface area contributed by atoms with Gasteiger partial charge in [0.25, 0.3) is 0 Å². The zero-order valence-electron chi connectivity index (χ0n) is 8.49. The SMILES string of the molecule is CCC(=O)CC(=O)c1ccccc1C#N. The van der Waals surface area contributed by atoms with Crippen LogP contribution in [0.1, 0.15) is 35.7 Å². The first-order chi connectivity index (χ1) is 7.19. The lowest BCUT2D eigenvalue weighted by atomic mass is 10.0. The summed E-state index contributed by atoms with van der Waals surface area (Å²) in [6.45, 7) is 1.71. The monoisotopic (exact) mass is 201 g/mol. The number of nitriles is 1. The van der Waals surface area contributed by atoms with Crippen LogP contribution in [0.15, 0.2) is 24.3 Å². The summed E-state index contributed by atoms with van der Waals surface area (Å²) >= 11 is 0. The Bertz CT molecular complexity index is 429. The molecule has 0 aliphatic heterocycles. The molecule has 0 aliphatic rings. The van der Waals surface area contributed by atoms with Crippen molar-refractivity contribution >= 4 is 11.6 Å². The van der Waals surface area contributed by atoms with Crippen LogP contribution >= 0.6 is 0 Å². The second-order valence-electron chi connectivity index (χ2n) is 3.15. The van der Waals surface area contributed by atoms with Crippen molar-refractivity contribution in [3.63, 3.8) is 0 Å². The van der Waals surface area contributed by atoms with E-state index in [1.807, 2.05) is 6.07 Å². The van der Waals surface area contributed by atoms with Crippen molar-refractivity contribution in [3.8, 4) is 6.07 Å². The van der Waals surface area contributed by atoms with E-state index in [4.69, 9.17) is 5.26 Å². The second-order valence-corrected chi connectivity index (χ2v) is 3.15. The molecule has 76 valence electrons. The Balaban J connectivity index is 2.92. The van der Waals surface area contributed by atoms with Crippen LogP contribution in [-0.4, -0.2) is 11.6 Å². The molecule has 0 radical (unpaired) electrons. The Labute approximate surface area is 88.3 Å². The minimum absolute atomic E-state index is 0.104. The van der Waals surface area contributed by atoms with E-state index in [2.05, 4.69) is 0 Å². The first kappa shape index (κ1) is 11.1. The third-order valence-corrected chi connectivity index (χ3v) is 2.10. The van der Waals surface area contributed by atoms with Crippen molar-refractivity contribution in [1.29, 1.82) is 5.26 Å². The molecule has 0 heterocycles. The highest BCUT2D eigenvalue weighted by atomic mass is 16.1. The van der Waals surface area contributed by atoms with Crippen LogP contribution in [0, 0.1) is 11.3 Å². The molecule has 3 nitrogen and oxygen atoms in total. The lowest BCUT2D eigenvalue weighted by Gasteiger charge is -2.01. The lowest BCUT2D eigenvalue weighted by molar-refractivity contribution is -0.117. The number of hydrogen-bond donors (Lipinski definition) is 0. The summed E-state index contributed by atoms with van der Waals surface area (Å²) in [6, 6.07) is 8.46. The van der Waals surface area contributed by atoms with Gasteiger partial charge >= 0.3 is 0 Å². The smallest absolute Gasteiger partial charge is 0.171 e. The van der Waals surface area contributed by atoms with Crippen LogP contribution in [-0.2, 0) is 4.79 Å². The van der Waals surface area contributed by atoms with Gasteiger partial charge in [-0.15, -0.1) is 0 Å². The average Bonchev–Trinajstić information content (AvgIpc) is 2.28. The molecule has 0 bridgehead atoms. The predicted molar refractivity (Wildman–Crippen MR) is 55.4 cm³/mol. The van der Waals surface area contributed by atoms with Crippen LogP contribution in [0.25, 0.3) is 0 Å². The second kappa shape index (κ2) is 5.06. The van der Waals surface area contributed by atoms with Gasteiger partial charge in [0.05, 0.1) is 18.1 Å². The molecule has 1 aromatic carbocycles. The summed E-state index contributed by atoms with van der Waals surface area (Å²) in [5.74, 6) is -0.383. The van der Waals surface area contributed by atoms with E-state index >= 15 is 0 Å². The third kappa shape index (κ3) is 2.75. The van der Waals surface area contributed by atoms with E-state index in [1.165, 1.54) is 0 Å². The van der Waals surface area contributed by atoms with E-state index < -0.39 is 0 Å². The van der Waals surface area contributed by atoms with Crippen LogP contribution in [0.2, 0.25) is 0 Å². The van der Waals surface area contributed by atoms with Gasteiger partial charge in [-0.3, -0.25) is 9.59 Å². The van der Waals surface area contributed by atoms with Crippen molar-refractivity contribution in [2.75, 3.05) is 0 Å². The maximum Gasteiger partial charge on any atom is 0.171 e. The normalized spacial score (nSPS) is 9.33. The van der Waals surface area contributed by atoms with Gasteiger partial charge in [0, 0.05) is 12.0 Å². The maximum atomic E-state index is 11.6. The largest absolute Gasteiger partial charge is 0.299 e. The molecule has 3 heteroatoms. The van der Waals surface area contributed by atoms with Crippen molar-refractivity contribution < 1.29 is 9.59 Å². The van der Waals surface area contributed by atoms with E-state index in [9.17, 15) is 9.59 Å². The molecule has 0 aliphatic carbocycles. The molecule has 15 heavy (non-hydrogen) atoms. The topological polar surface area (TPSA) is 57.9 Å². The Morgan fingerprint density at radius 1 is 1.33 bits per heavy atom. The zero-order chi connectivity index (χ0) is 11.3. The molecule has 1 rings (SSSR count). The maximum absolute atomic E-state index is 11.6. The predicted octanol–water partition coefficient (Wildman–Crippen LogP) is 2.11. The fraction of sp³-hybridized carbons (Fsp3) is 0.250. The van der Waals surface area contributed by atoms with Crippen molar-refractivity contribution in [2.45, 2.75) is 19.8 Å².